The fraction of sp³-hybridized carbons (Fsp3) is 0.143. The third kappa shape index (κ3) is 4.89. The van der Waals surface area contributed by atoms with Crippen LogP contribution >= 0.6 is 57.6 Å². The normalized spacial score (nSPS) is 14.9. The maximum absolute atomic E-state index is 12.8. The first-order valence-electron chi connectivity index (χ1n) is 8.47. The Morgan fingerprint density at radius 1 is 1.27 bits per heavy atom. The average Bonchev–Trinajstić information content (AvgIpc) is 2.96. The number of halogens is 3. The van der Waals surface area contributed by atoms with Gasteiger partial charge in [0.1, 0.15) is 6.61 Å². The number of thioether (sulfide) groups is 1. The van der Waals surface area contributed by atoms with Gasteiger partial charge in [0.2, 0.25) is 0 Å². The van der Waals surface area contributed by atoms with E-state index >= 15 is 0 Å². The van der Waals surface area contributed by atoms with Crippen molar-refractivity contribution in [1.82, 2.24) is 4.90 Å². The van der Waals surface area contributed by atoms with Gasteiger partial charge in [-0.3, -0.25) is 14.5 Å². The van der Waals surface area contributed by atoms with Gasteiger partial charge in [0.15, 0.2) is 11.5 Å². The molecule has 0 aliphatic carbocycles. The van der Waals surface area contributed by atoms with Crippen molar-refractivity contribution >= 4 is 74.8 Å². The van der Waals surface area contributed by atoms with Crippen LogP contribution in [0.4, 0.5) is 4.79 Å². The topological polar surface area (TPSA) is 55.8 Å². The molecule has 1 fully saturated rings. The summed E-state index contributed by atoms with van der Waals surface area (Å²) in [5.74, 6) is 2.99. The van der Waals surface area contributed by atoms with E-state index in [2.05, 4.69) is 28.5 Å². The third-order valence-electron chi connectivity index (χ3n) is 4.10. The lowest BCUT2D eigenvalue weighted by molar-refractivity contribution is -0.123. The van der Waals surface area contributed by atoms with E-state index in [0.717, 1.165) is 20.2 Å². The molecule has 3 rings (SSSR count). The second-order valence-electron chi connectivity index (χ2n) is 5.99. The molecule has 9 heteroatoms. The van der Waals surface area contributed by atoms with E-state index < -0.39 is 11.1 Å². The number of methoxy groups -OCH3 is 1. The Kier molecular flexibility index (Phi) is 7.58. The summed E-state index contributed by atoms with van der Waals surface area (Å²) in [6.07, 6.45) is 6.88. The van der Waals surface area contributed by atoms with Crippen LogP contribution in [0.15, 0.2) is 35.2 Å². The summed E-state index contributed by atoms with van der Waals surface area (Å²) in [5, 5.41) is 0.401. The van der Waals surface area contributed by atoms with E-state index in [1.165, 1.54) is 7.11 Å². The lowest BCUT2D eigenvalue weighted by atomic mass is 10.1. The summed E-state index contributed by atoms with van der Waals surface area (Å²) in [5.41, 5.74) is 1.21. The molecule has 0 aromatic heterocycles. The molecular formula is C21H14Cl2INO4S. The molecule has 0 bridgehead atoms. The van der Waals surface area contributed by atoms with Gasteiger partial charge in [0.25, 0.3) is 11.1 Å². The van der Waals surface area contributed by atoms with Gasteiger partial charge in [0.05, 0.1) is 22.1 Å². The highest BCUT2D eigenvalue weighted by Gasteiger charge is 2.35. The highest BCUT2D eigenvalue weighted by molar-refractivity contribution is 14.1. The summed E-state index contributed by atoms with van der Waals surface area (Å²) in [7, 11) is 1.51. The van der Waals surface area contributed by atoms with Gasteiger partial charge in [-0.15, -0.1) is 6.42 Å². The molecule has 1 saturated heterocycles. The zero-order chi connectivity index (χ0) is 21.8. The molecule has 2 amide bonds. The Bertz CT molecular complexity index is 1080. The summed E-state index contributed by atoms with van der Waals surface area (Å²) in [6.45, 7) is 0.107. The van der Waals surface area contributed by atoms with Gasteiger partial charge in [0, 0.05) is 15.6 Å². The van der Waals surface area contributed by atoms with Gasteiger partial charge < -0.3 is 9.47 Å². The van der Waals surface area contributed by atoms with E-state index in [4.69, 9.17) is 39.1 Å². The standard InChI is InChI=1S/C21H14Cl2INO4S/c1-3-7-29-19-16(24)8-12(9-17(19)28-2)10-18-20(26)25(21(27)30-18)11-13-14(22)5-4-6-15(13)23/h1,4-6,8-10H,7,11H2,2H3/b18-10+. The van der Waals surface area contributed by atoms with Crippen molar-refractivity contribution in [1.29, 1.82) is 0 Å². The minimum absolute atomic E-state index is 0.000234. The number of carbonyl (C=O) groups is 2. The summed E-state index contributed by atoms with van der Waals surface area (Å²) in [4.78, 5) is 26.7. The zero-order valence-corrected chi connectivity index (χ0v) is 20.1. The van der Waals surface area contributed by atoms with E-state index in [1.807, 2.05) is 6.07 Å². The minimum atomic E-state index is -0.414. The van der Waals surface area contributed by atoms with Crippen molar-refractivity contribution < 1.29 is 19.1 Å². The van der Waals surface area contributed by atoms with E-state index in [-0.39, 0.29) is 13.2 Å². The molecule has 5 nitrogen and oxygen atoms in total. The number of hydrogen-bond donors (Lipinski definition) is 0. The van der Waals surface area contributed by atoms with Crippen LogP contribution in [0.25, 0.3) is 6.08 Å². The first-order chi connectivity index (χ1) is 14.3. The van der Waals surface area contributed by atoms with Crippen LogP contribution in [0.3, 0.4) is 0 Å². The molecule has 0 saturated carbocycles. The van der Waals surface area contributed by atoms with E-state index in [1.54, 1.807) is 30.3 Å². The second-order valence-corrected chi connectivity index (χ2v) is 8.96. The van der Waals surface area contributed by atoms with Gasteiger partial charge in [-0.2, -0.15) is 0 Å². The van der Waals surface area contributed by atoms with Crippen LogP contribution in [0.2, 0.25) is 10.0 Å². The number of terminal acetylenes is 1. The first-order valence-corrected chi connectivity index (χ1v) is 11.1. The van der Waals surface area contributed by atoms with Crippen LogP contribution in [-0.2, 0) is 11.3 Å². The lowest BCUT2D eigenvalue weighted by Crippen LogP contribution is -2.27. The monoisotopic (exact) mass is 573 g/mol. The van der Waals surface area contributed by atoms with E-state index in [0.29, 0.717) is 37.6 Å². The van der Waals surface area contributed by atoms with Crippen molar-refractivity contribution in [2.45, 2.75) is 6.54 Å². The van der Waals surface area contributed by atoms with Gasteiger partial charge in [-0.05, 0) is 70.3 Å². The van der Waals surface area contributed by atoms with Crippen molar-refractivity contribution in [3.63, 3.8) is 0 Å². The van der Waals surface area contributed by atoms with Crippen LogP contribution in [0.1, 0.15) is 11.1 Å². The number of amides is 2. The Hall–Kier alpha value is -1.86. The van der Waals surface area contributed by atoms with Gasteiger partial charge in [-0.1, -0.05) is 35.2 Å². The molecule has 1 aliphatic heterocycles. The number of ether oxygens (including phenoxy) is 2. The van der Waals surface area contributed by atoms with Crippen molar-refractivity contribution in [2.24, 2.45) is 0 Å². The van der Waals surface area contributed by atoms with Crippen molar-refractivity contribution in [3.05, 3.63) is 60.0 Å². The zero-order valence-electron chi connectivity index (χ0n) is 15.6. The van der Waals surface area contributed by atoms with Gasteiger partial charge in [-0.25, -0.2) is 0 Å². The molecule has 1 heterocycles. The number of hydrogen-bond acceptors (Lipinski definition) is 5. The summed E-state index contributed by atoms with van der Waals surface area (Å²) >= 11 is 15.3. The molecule has 2 aromatic carbocycles. The Morgan fingerprint density at radius 2 is 1.97 bits per heavy atom. The van der Waals surface area contributed by atoms with Crippen LogP contribution in [-0.4, -0.2) is 29.8 Å². The Balaban J connectivity index is 1.88. The number of carbonyl (C=O) groups excluding carboxylic acids is 2. The highest BCUT2D eigenvalue weighted by Crippen LogP contribution is 2.38. The average molecular weight is 574 g/mol. The molecule has 0 radical (unpaired) electrons. The Morgan fingerprint density at radius 3 is 2.60 bits per heavy atom. The maximum Gasteiger partial charge on any atom is 0.293 e. The number of imide groups is 1. The first kappa shape index (κ1) is 22.8. The molecule has 0 unspecified atom stereocenters. The predicted octanol–water partition coefficient (Wildman–Crippen LogP) is 5.86. The predicted molar refractivity (Wildman–Crippen MR) is 128 cm³/mol. The number of benzene rings is 2. The summed E-state index contributed by atoms with van der Waals surface area (Å²) < 4.78 is 11.7. The second kappa shape index (κ2) is 9.96. The molecule has 0 atom stereocenters. The lowest BCUT2D eigenvalue weighted by Gasteiger charge is -2.14. The summed E-state index contributed by atoms with van der Waals surface area (Å²) in [6, 6.07) is 8.56. The molecule has 154 valence electrons. The molecule has 1 aliphatic rings. The fourth-order valence-corrected chi connectivity index (χ4v) is 4.84. The molecule has 2 aromatic rings. The number of nitrogens with zero attached hydrogens (tertiary/aromatic N) is 1. The van der Waals surface area contributed by atoms with Crippen LogP contribution < -0.4 is 9.47 Å². The third-order valence-corrected chi connectivity index (χ3v) is 6.52. The SMILES string of the molecule is C#CCOc1c(I)cc(/C=C2/SC(=O)N(Cc3c(Cl)cccc3Cl)C2=O)cc1OC. The van der Waals surface area contributed by atoms with Crippen molar-refractivity contribution in [3.8, 4) is 23.8 Å². The largest absolute Gasteiger partial charge is 0.493 e. The Labute approximate surface area is 201 Å². The quantitative estimate of drug-likeness (QED) is 0.246. The fourth-order valence-electron chi connectivity index (χ4n) is 2.71. The minimum Gasteiger partial charge on any atom is -0.493 e. The van der Waals surface area contributed by atoms with Crippen LogP contribution in [0, 0.1) is 15.9 Å². The molecule has 0 N–H and O–H groups in total. The molecular weight excluding hydrogens is 560 g/mol. The van der Waals surface area contributed by atoms with E-state index in [9.17, 15) is 9.59 Å². The number of rotatable bonds is 6. The van der Waals surface area contributed by atoms with Crippen LogP contribution in [0.5, 0.6) is 11.5 Å². The smallest absolute Gasteiger partial charge is 0.293 e. The highest BCUT2D eigenvalue weighted by atomic mass is 127. The molecule has 0 spiro atoms. The van der Waals surface area contributed by atoms with Crippen molar-refractivity contribution in [2.75, 3.05) is 13.7 Å². The van der Waals surface area contributed by atoms with Gasteiger partial charge >= 0.3 is 0 Å². The molecule has 30 heavy (non-hydrogen) atoms. The maximum atomic E-state index is 12.8.